The number of halogens is 2. The molecule has 2 aromatic carbocycles. The Bertz CT molecular complexity index is 691. The number of rotatable bonds is 4. The number of ether oxygens (including phenoxy) is 1. The van der Waals surface area contributed by atoms with Gasteiger partial charge in [0.05, 0.1) is 11.0 Å². The van der Waals surface area contributed by atoms with E-state index in [-0.39, 0.29) is 22.7 Å². The smallest absolute Gasteiger partial charge is 0.312 e. The Hall–Kier alpha value is -1.99. The molecular weight excluding hydrogens is 345 g/mol. The van der Waals surface area contributed by atoms with Crippen LogP contribution in [0.2, 0.25) is 0 Å². The molecule has 0 fully saturated rings. The molecule has 0 aliphatic carbocycles. The molecule has 110 valence electrons. The summed E-state index contributed by atoms with van der Waals surface area (Å²) >= 11 is 3.15. The van der Waals surface area contributed by atoms with Gasteiger partial charge in [0.25, 0.3) is 0 Å². The van der Waals surface area contributed by atoms with Crippen LogP contribution < -0.4 is 4.74 Å². The van der Waals surface area contributed by atoms with E-state index in [9.17, 15) is 19.6 Å². The number of hydrogen-bond acceptors (Lipinski definition) is 4. The summed E-state index contributed by atoms with van der Waals surface area (Å²) in [5, 5.41) is 20.7. The predicted molar refractivity (Wildman–Crippen MR) is 77.9 cm³/mol. The first-order valence-corrected chi connectivity index (χ1v) is 6.77. The number of hydrogen-bond donors (Lipinski definition) is 1. The number of nitro groups is 1. The zero-order valence-corrected chi connectivity index (χ0v) is 12.5. The first kappa shape index (κ1) is 15.4. The SMILES string of the molecule is C[C@H](O)c1cc(F)ccc1Oc1ccc(Br)cc1[N+](=O)[O-]. The van der Waals surface area contributed by atoms with Gasteiger partial charge in [-0.25, -0.2) is 4.39 Å². The van der Waals surface area contributed by atoms with Gasteiger partial charge < -0.3 is 9.84 Å². The fourth-order valence-corrected chi connectivity index (χ4v) is 2.13. The van der Waals surface area contributed by atoms with Crippen molar-refractivity contribution in [2.75, 3.05) is 0 Å². The standard InChI is InChI=1S/C14H11BrFNO4/c1-8(18)11-7-10(16)3-5-13(11)21-14-4-2-9(15)6-12(14)17(19)20/h2-8,18H,1H3/t8-/m0/s1. The molecule has 0 aliphatic heterocycles. The van der Waals surface area contributed by atoms with Crippen LogP contribution >= 0.6 is 15.9 Å². The minimum absolute atomic E-state index is 0.0108. The van der Waals surface area contributed by atoms with Crippen LogP contribution in [0.15, 0.2) is 40.9 Å². The van der Waals surface area contributed by atoms with Crippen molar-refractivity contribution < 1.29 is 19.2 Å². The molecule has 0 heterocycles. The van der Waals surface area contributed by atoms with Crippen LogP contribution in [0.5, 0.6) is 11.5 Å². The van der Waals surface area contributed by atoms with Crippen molar-refractivity contribution in [3.8, 4) is 11.5 Å². The topological polar surface area (TPSA) is 72.6 Å². The van der Waals surface area contributed by atoms with Gasteiger partial charge in [0.1, 0.15) is 11.6 Å². The normalized spacial score (nSPS) is 12.0. The van der Waals surface area contributed by atoms with Gasteiger partial charge in [-0.1, -0.05) is 15.9 Å². The van der Waals surface area contributed by atoms with Crippen molar-refractivity contribution in [2.45, 2.75) is 13.0 Å². The lowest BCUT2D eigenvalue weighted by Crippen LogP contribution is -1.99. The van der Waals surface area contributed by atoms with Gasteiger partial charge in [-0.15, -0.1) is 0 Å². The van der Waals surface area contributed by atoms with Gasteiger partial charge in [0.15, 0.2) is 0 Å². The molecule has 0 spiro atoms. The zero-order chi connectivity index (χ0) is 15.6. The van der Waals surface area contributed by atoms with Crippen LogP contribution in [-0.4, -0.2) is 10.0 Å². The average Bonchev–Trinajstić information content (AvgIpc) is 2.42. The summed E-state index contributed by atoms with van der Waals surface area (Å²) in [7, 11) is 0. The summed E-state index contributed by atoms with van der Waals surface area (Å²) in [5.74, 6) is -0.350. The molecule has 0 bridgehead atoms. The number of nitrogens with zero attached hydrogens (tertiary/aromatic N) is 1. The second-order valence-electron chi connectivity index (χ2n) is 4.33. The van der Waals surface area contributed by atoms with Crippen LogP contribution in [0.4, 0.5) is 10.1 Å². The van der Waals surface area contributed by atoms with E-state index in [1.807, 2.05) is 0 Å². The lowest BCUT2D eigenvalue weighted by Gasteiger charge is -2.13. The average molecular weight is 356 g/mol. The summed E-state index contributed by atoms with van der Waals surface area (Å²) in [6, 6.07) is 7.94. The Balaban J connectivity index is 2.46. The van der Waals surface area contributed by atoms with E-state index in [0.29, 0.717) is 4.47 Å². The van der Waals surface area contributed by atoms with E-state index in [0.717, 1.165) is 12.1 Å². The quantitative estimate of drug-likeness (QED) is 0.653. The monoisotopic (exact) mass is 355 g/mol. The number of aliphatic hydroxyl groups is 1. The van der Waals surface area contributed by atoms with Crippen molar-refractivity contribution >= 4 is 21.6 Å². The molecule has 0 aromatic heterocycles. The van der Waals surface area contributed by atoms with Gasteiger partial charge in [-0.3, -0.25) is 10.1 Å². The van der Waals surface area contributed by atoms with E-state index in [4.69, 9.17) is 4.74 Å². The van der Waals surface area contributed by atoms with Crippen molar-refractivity contribution in [1.29, 1.82) is 0 Å². The van der Waals surface area contributed by atoms with Crippen molar-refractivity contribution in [3.05, 3.63) is 62.4 Å². The maximum atomic E-state index is 13.2. The third-order valence-corrected chi connectivity index (χ3v) is 3.25. The van der Waals surface area contributed by atoms with Crippen LogP contribution in [0.25, 0.3) is 0 Å². The van der Waals surface area contributed by atoms with Gasteiger partial charge in [0.2, 0.25) is 5.75 Å². The molecule has 1 atom stereocenters. The lowest BCUT2D eigenvalue weighted by molar-refractivity contribution is -0.385. The lowest BCUT2D eigenvalue weighted by atomic mass is 10.1. The molecule has 0 saturated heterocycles. The van der Waals surface area contributed by atoms with Crippen molar-refractivity contribution in [1.82, 2.24) is 0 Å². The third-order valence-electron chi connectivity index (χ3n) is 2.76. The summed E-state index contributed by atoms with van der Waals surface area (Å²) in [6.45, 7) is 1.46. The largest absolute Gasteiger partial charge is 0.450 e. The van der Waals surface area contributed by atoms with E-state index < -0.39 is 16.8 Å². The third kappa shape index (κ3) is 3.56. The van der Waals surface area contributed by atoms with Crippen LogP contribution in [-0.2, 0) is 0 Å². The zero-order valence-electron chi connectivity index (χ0n) is 10.9. The van der Waals surface area contributed by atoms with Gasteiger partial charge in [-0.2, -0.15) is 0 Å². The fraction of sp³-hybridized carbons (Fsp3) is 0.143. The first-order chi connectivity index (χ1) is 9.88. The van der Waals surface area contributed by atoms with Crippen LogP contribution in [0.3, 0.4) is 0 Å². The molecule has 0 aliphatic rings. The fourth-order valence-electron chi connectivity index (χ4n) is 1.78. The molecule has 0 amide bonds. The Labute approximate surface area is 128 Å². The molecule has 5 nitrogen and oxygen atoms in total. The highest BCUT2D eigenvalue weighted by atomic mass is 79.9. The summed E-state index contributed by atoms with van der Waals surface area (Å²) in [6.07, 6.45) is -0.967. The maximum Gasteiger partial charge on any atom is 0.312 e. The molecule has 0 unspecified atom stereocenters. The number of aliphatic hydroxyl groups excluding tert-OH is 1. The Morgan fingerprint density at radius 1 is 1.29 bits per heavy atom. The molecular formula is C14H11BrFNO4. The molecule has 21 heavy (non-hydrogen) atoms. The highest BCUT2D eigenvalue weighted by Gasteiger charge is 2.19. The van der Waals surface area contributed by atoms with Crippen LogP contribution in [0.1, 0.15) is 18.6 Å². The highest BCUT2D eigenvalue weighted by molar-refractivity contribution is 9.10. The van der Waals surface area contributed by atoms with E-state index in [2.05, 4.69) is 15.9 Å². The Morgan fingerprint density at radius 2 is 1.95 bits per heavy atom. The second-order valence-corrected chi connectivity index (χ2v) is 5.25. The minimum atomic E-state index is -0.967. The summed E-state index contributed by atoms with van der Waals surface area (Å²) in [4.78, 5) is 10.5. The van der Waals surface area contributed by atoms with Crippen molar-refractivity contribution in [3.63, 3.8) is 0 Å². The van der Waals surface area contributed by atoms with E-state index in [1.54, 1.807) is 6.07 Å². The molecule has 0 radical (unpaired) electrons. The van der Waals surface area contributed by atoms with Gasteiger partial charge in [0, 0.05) is 16.1 Å². The Kier molecular flexibility index (Phi) is 4.54. The molecule has 7 heteroatoms. The molecule has 2 aromatic rings. The summed E-state index contributed by atoms with van der Waals surface area (Å²) in [5.41, 5.74) is -0.0162. The number of nitro benzene ring substituents is 1. The van der Waals surface area contributed by atoms with Gasteiger partial charge in [-0.05, 0) is 37.3 Å². The van der Waals surface area contributed by atoms with E-state index >= 15 is 0 Å². The van der Waals surface area contributed by atoms with Crippen molar-refractivity contribution in [2.24, 2.45) is 0 Å². The molecule has 1 N–H and O–H groups in total. The highest BCUT2D eigenvalue weighted by Crippen LogP contribution is 2.36. The summed E-state index contributed by atoms with van der Waals surface area (Å²) < 4.78 is 19.2. The van der Waals surface area contributed by atoms with Crippen LogP contribution in [0, 0.1) is 15.9 Å². The minimum Gasteiger partial charge on any atom is -0.450 e. The number of benzene rings is 2. The second kappa shape index (κ2) is 6.19. The van der Waals surface area contributed by atoms with E-state index in [1.165, 1.54) is 25.1 Å². The predicted octanol–water partition coefficient (Wildman–Crippen LogP) is 4.34. The molecule has 0 saturated carbocycles. The first-order valence-electron chi connectivity index (χ1n) is 5.98. The van der Waals surface area contributed by atoms with Gasteiger partial charge >= 0.3 is 5.69 Å². The molecule has 2 rings (SSSR count). The Morgan fingerprint density at radius 3 is 2.57 bits per heavy atom. The maximum absolute atomic E-state index is 13.2.